The molecule has 2 aliphatic rings. The van der Waals surface area contributed by atoms with Crippen LogP contribution in [0, 0.1) is 11.3 Å². The highest BCUT2D eigenvalue weighted by Crippen LogP contribution is 2.51. The van der Waals surface area contributed by atoms with Crippen LogP contribution in [0.2, 0.25) is 0 Å². The lowest BCUT2D eigenvalue weighted by molar-refractivity contribution is -0.150. The third-order valence-electron chi connectivity index (χ3n) is 4.63. The Bertz CT molecular complexity index is 678. The number of hydrogen-bond donors (Lipinski definition) is 1. The highest BCUT2D eigenvalue weighted by molar-refractivity contribution is 6.06. The van der Waals surface area contributed by atoms with Crippen LogP contribution in [0.3, 0.4) is 0 Å². The van der Waals surface area contributed by atoms with Crippen molar-refractivity contribution in [1.82, 2.24) is 0 Å². The van der Waals surface area contributed by atoms with E-state index in [9.17, 15) is 19.5 Å². The van der Waals surface area contributed by atoms with Crippen molar-refractivity contribution in [3.63, 3.8) is 0 Å². The van der Waals surface area contributed by atoms with Crippen molar-refractivity contribution < 1.29 is 24.2 Å². The summed E-state index contributed by atoms with van der Waals surface area (Å²) >= 11 is 0. The van der Waals surface area contributed by atoms with Crippen LogP contribution in [0.15, 0.2) is 46.8 Å². The molecular formula is C18H20O5. The molecule has 0 aliphatic heterocycles. The molecule has 0 aromatic rings. The Balaban J connectivity index is 2.62. The van der Waals surface area contributed by atoms with Gasteiger partial charge in [-0.3, -0.25) is 14.4 Å². The summed E-state index contributed by atoms with van der Waals surface area (Å²) in [4.78, 5) is 35.2. The minimum absolute atomic E-state index is 0.315. The van der Waals surface area contributed by atoms with Gasteiger partial charge in [-0.05, 0) is 38.3 Å². The lowest BCUT2D eigenvalue weighted by Crippen LogP contribution is -2.44. The van der Waals surface area contributed by atoms with Crippen molar-refractivity contribution >= 4 is 18.0 Å². The number of ether oxygens (including phenoxy) is 1. The first kappa shape index (κ1) is 16.9. The van der Waals surface area contributed by atoms with E-state index in [1.807, 2.05) is 13.0 Å². The van der Waals surface area contributed by atoms with E-state index < -0.39 is 17.2 Å². The van der Waals surface area contributed by atoms with Crippen molar-refractivity contribution in [1.29, 1.82) is 0 Å². The maximum absolute atomic E-state index is 12.6. The number of ketones is 1. The Kier molecular flexibility index (Phi) is 4.68. The number of esters is 1. The van der Waals surface area contributed by atoms with E-state index in [0.29, 0.717) is 24.0 Å². The Labute approximate surface area is 135 Å². The van der Waals surface area contributed by atoms with Gasteiger partial charge in [0.2, 0.25) is 5.78 Å². The number of hydrogen-bond acceptors (Lipinski definition) is 5. The van der Waals surface area contributed by atoms with Gasteiger partial charge in [-0.15, -0.1) is 0 Å². The topological polar surface area (TPSA) is 80.7 Å². The first-order chi connectivity index (χ1) is 10.9. The first-order valence-electron chi connectivity index (χ1n) is 7.41. The van der Waals surface area contributed by atoms with Gasteiger partial charge in [0.05, 0.1) is 7.11 Å². The number of methoxy groups -OCH3 is 1. The lowest BCUT2D eigenvalue weighted by Gasteiger charge is -2.42. The van der Waals surface area contributed by atoms with Gasteiger partial charge in [-0.2, -0.15) is 0 Å². The third-order valence-corrected chi connectivity index (χ3v) is 4.63. The number of aliphatic hydroxyl groups is 1. The second kappa shape index (κ2) is 6.36. The molecule has 0 spiro atoms. The average Bonchev–Trinajstić information content (AvgIpc) is 2.56. The fourth-order valence-electron chi connectivity index (χ4n) is 3.31. The highest BCUT2D eigenvalue weighted by Gasteiger charge is 2.52. The summed E-state index contributed by atoms with van der Waals surface area (Å²) in [6.07, 6.45) is 7.89. The van der Waals surface area contributed by atoms with Gasteiger partial charge < -0.3 is 9.84 Å². The first-order valence-corrected chi connectivity index (χ1v) is 7.41. The lowest BCUT2D eigenvalue weighted by atomic mass is 9.60. The monoisotopic (exact) mass is 316 g/mol. The average molecular weight is 316 g/mol. The predicted molar refractivity (Wildman–Crippen MR) is 84.6 cm³/mol. The quantitative estimate of drug-likeness (QED) is 0.373. The molecule has 5 heteroatoms. The molecule has 5 nitrogen and oxygen atoms in total. The summed E-state index contributed by atoms with van der Waals surface area (Å²) in [5.41, 5.74) is 0.685. The van der Waals surface area contributed by atoms with Gasteiger partial charge in [-0.1, -0.05) is 23.8 Å². The summed E-state index contributed by atoms with van der Waals surface area (Å²) in [7, 11) is 1.28. The normalized spacial score (nSPS) is 27.4. The van der Waals surface area contributed by atoms with Gasteiger partial charge in [0.25, 0.3) is 0 Å². The van der Waals surface area contributed by atoms with E-state index in [1.54, 1.807) is 13.0 Å². The van der Waals surface area contributed by atoms with E-state index in [1.165, 1.54) is 19.3 Å². The zero-order chi connectivity index (χ0) is 17.2. The van der Waals surface area contributed by atoms with Gasteiger partial charge in [0, 0.05) is 11.5 Å². The number of rotatable bonds is 4. The fourth-order valence-corrected chi connectivity index (χ4v) is 3.31. The molecule has 0 heterocycles. The molecule has 0 aromatic carbocycles. The summed E-state index contributed by atoms with van der Waals surface area (Å²) < 4.78 is 4.98. The Hall–Kier alpha value is -2.43. The van der Waals surface area contributed by atoms with Crippen LogP contribution in [-0.4, -0.2) is 30.3 Å². The number of aliphatic hydroxyl groups excluding tert-OH is 1. The summed E-state index contributed by atoms with van der Waals surface area (Å²) in [5, 5.41) is 10.2. The minimum atomic E-state index is -1.20. The molecule has 23 heavy (non-hydrogen) atoms. The van der Waals surface area contributed by atoms with Crippen molar-refractivity contribution in [2.45, 2.75) is 26.7 Å². The van der Waals surface area contributed by atoms with Crippen molar-refractivity contribution in [3.05, 3.63) is 46.8 Å². The van der Waals surface area contributed by atoms with Crippen LogP contribution in [0.4, 0.5) is 0 Å². The van der Waals surface area contributed by atoms with Crippen molar-refractivity contribution in [2.24, 2.45) is 11.3 Å². The van der Waals surface area contributed by atoms with Crippen LogP contribution in [0.5, 0.6) is 0 Å². The number of aldehydes is 1. The smallest absolute Gasteiger partial charge is 0.320 e. The fraction of sp³-hybridized carbons (Fsp3) is 0.389. The Morgan fingerprint density at radius 2 is 2.22 bits per heavy atom. The molecule has 2 atom stereocenters. The summed E-state index contributed by atoms with van der Waals surface area (Å²) in [6, 6.07) is 0. The molecule has 2 rings (SSSR count). The van der Waals surface area contributed by atoms with Crippen LogP contribution >= 0.6 is 0 Å². The second-order valence-corrected chi connectivity index (χ2v) is 5.89. The molecule has 2 aliphatic carbocycles. The number of allylic oxidation sites excluding steroid dienone is 5. The molecule has 0 fully saturated rings. The van der Waals surface area contributed by atoms with E-state index >= 15 is 0 Å². The molecule has 2 unspecified atom stereocenters. The van der Waals surface area contributed by atoms with Crippen LogP contribution in [-0.2, 0) is 19.1 Å². The maximum atomic E-state index is 12.6. The Morgan fingerprint density at radius 3 is 2.83 bits per heavy atom. The molecule has 0 bridgehead atoms. The molecule has 0 amide bonds. The van der Waals surface area contributed by atoms with Crippen molar-refractivity contribution in [2.75, 3.05) is 7.11 Å². The zero-order valence-electron chi connectivity index (χ0n) is 13.5. The molecule has 0 saturated heterocycles. The largest absolute Gasteiger partial charge is 0.504 e. The van der Waals surface area contributed by atoms with Gasteiger partial charge in [-0.25, -0.2) is 0 Å². The van der Waals surface area contributed by atoms with Gasteiger partial charge in [0.1, 0.15) is 11.7 Å². The molecule has 0 radical (unpaired) electrons. The second-order valence-electron chi connectivity index (χ2n) is 5.89. The molecule has 0 aromatic heterocycles. The predicted octanol–water partition coefficient (Wildman–Crippen LogP) is 2.60. The summed E-state index contributed by atoms with van der Waals surface area (Å²) in [6.45, 7) is 3.59. The minimum Gasteiger partial charge on any atom is -0.504 e. The highest BCUT2D eigenvalue weighted by atomic mass is 16.5. The molecule has 1 N–H and O–H groups in total. The van der Waals surface area contributed by atoms with E-state index in [2.05, 4.69) is 0 Å². The molecular weight excluding hydrogens is 296 g/mol. The van der Waals surface area contributed by atoms with Crippen LogP contribution < -0.4 is 0 Å². The van der Waals surface area contributed by atoms with Gasteiger partial charge >= 0.3 is 5.97 Å². The summed E-state index contributed by atoms with van der Waals surface area (Å²) in [5.74, 6) is -1.73. The number of fused-ring (bicyclic) bond motifs is 1. The van der Waals surface area contributed by atoms with Crippen LogP contribution in [0.1, 0.15) is 26.7 Å². The zero-order valence-corrected chi connectivity index (χ0v) is 13.5. The molecule has 122 valence electrons. The third kappa shape index (κ3) is 2.67. The standard InChI is InChI=1S/C18H20O5/c1-11(10-19)4-6-13-12(2)5-7-14-16(21)15(20)8-9-18(13,14)17(22)23-3/h4-5,8-10,13,21H,6-7H2,1-3H3/b11-4+. The van der Waals surface area contributed by atoms with E-state index in [0.717, 1.165) is 11.9 Å². The number of carbonyl (C=O) groups excluding carboxylic acids is 3. The molecule has 0 saturated carbocycles. The van der Waals surface area contributed by atoms with Crippen LogP contribution in [0.25, 0.3) is 0 Å². The van der Waals surface area contributed by atoms with E-state index in [-0.39, 0.29) is 11.7 Å². The maximum Gasteiger partial charge on any atom is 0.320 e. The SMILES string of the molecule is COC(=O)C12C=CC(=O)C(O)=C1CC=C(C)C2C/C=C(\C)C=O. The van der Waals surface area contributed by atoms with Gasteiger partial charge in [0.15, 0.2) is 5.76 Å². The number of carbonyl (C=O) groups is 3. The van der Waals surface area contributed by atoms with E-state index in [4.69, 9.17) is 4.74 Å². The van der Waals surface area contributed by atoms with Crippen molar-refractivity contribution in [3.8, 4) is 0 Å². The Morgan fingerprint density at radius 1 is 1.52 bits per heavy atom.